The van der Waals surface area contributed by atoms with Crippen molar-refractivity contribution in [2.45, 2.75) is 25.4 Å². The third kappa shape index (κ3) is 4.98. The number of piperazine rings is 1. The zero-order valence-corrected chi connectivity index (χ0v) is 19.8. The van der Waals surface area contributed by atoms with Gasteiger partial charge in [0.25, 0.3) is 5.91 Å². The molecule has 0 radical (unpaired) electrons. The van der Waals surface area contributed by atoms with Crippen LogP contribution in [0.5, 0.6) is 0 Å². The summed E-state index contributed by atoms with van der Waals surface area (Å²) in [7, 11) is -1.22. The van der Waals surface area contributed by atoms with Gasteiger partial charge in [-0.2, -0.15) is 0 Å². The predicted molar refractivity (Wildman–Crippen MR) is 128 cm³/mol. The summed E-state index contributed by atoms with van der Waals surface area (Å²) in [6, 6.07) is 15.1. The highest BCUT2D eigenvalue weighted by molar-refractivity contribution is 7.92. The van der Waals surface area contributed by atoms with Crippen molar-refractivity contribution in [1.29, 1.82) is 0 Å². The highest BCUT2D eigenvalue weighted by atomic mass is 32.2. The summed E-state index contributed by atoms with van der Waals surface area (Å²) in [6.45, 7) is 6.65. The van der Waals surface area contributed by atoms with Crippen LogP contribution in [0.2, 0.25) is 0 Å². The molecule has 1 amide bonds. The minimum absolute atomic E-state index is 0.119. The fourth-order valence-corrected chi connectivity index (χ4v) is 5.96. The van der Waals surface area contributed by atoms with Crippen molar-refractivity contribution >= 4 is 21.6 Å². The van der Waals surface area contributed by atoms with E-state index in [9.17, 15) is 13.2 Å². The number of rotatable bonds is 6. The number of anilines is 1. The van der Waals surface area contributed by atoms with Gasteiger partial charge >= 0.3 is 0 Å². The zero-order valence-electron chi connectivity index (χ0n) is 19.0. The van der Waals surface area contributed by atoms with Crippen molar-refractivity contribution in [3.63, 3.8) is 0 Å². The summed E-state index contributed by atoms with van der Waals surface area (Å²) in [6.07, 6.45) is 1.83. The number of likely N-dealkylation sites (N-methyl/N-ethyl adjacent to an activating group) is 1. The quantitative estimate of drug-likeness (QED) is 0.721. The lowest BCUT2D eigenvalue weighted by Crippen LogP contribution is -2.47. The largest absolute Gasteiger partial charge is 0.344 e. The topological polar surface area (TPSA) is 73.0 Å². The average molecular weight is 457 g/mol. The van der Waals surface area contributed by atoms with Gasteiger partial charge in [-0.1, -0.05) is 30.3 Å². The summed E-state index contributed by atoms with van der Waals surface area (Å²) in [4.78, 5) is 17.9. The van der Waals surface area contributed by atoms with Crippen LogP contribution >= 0.6 is 0 Å². The van der Waals surface area contributed by atoms with Crippen LogP contribution in [-0.2, 0) is 16.4 Å². The number of fused-ring (bicyclic) bond motifs is 1. The van der Waals surface area contributed by atoms with Gasteiger partial charge in [0, 0.05) is 44.3 Å². The summed E-state index contributed by atoms with van der Waals surface area (Å²) in [5.41, 5.74) is 3.21. The molecule has 0 saturated carbocycles. The highest BCUT2D eigenvalue weighted by Crippen LogP contribution is 2.34. The molecular weight excluding hydrogens is 424 g/mol. The maximum Gasteiger partial charge on any atom is 0.251 e. The molecule has 0 bridgehead atoms. The molecular formula is C24H32N4O3S. The van der Waals surface area contributed by atoms with Crippen LogP contribution in [0.3, 0.4) is 0 Å². The second-order valence-corrected chi connectivity index (χ2v) is 10.9. The molecule has 2 aromatic carbocycles. The molecule has 4 rings (SSSR count). The molecule has 0 spiro atoms. The predicted octanol–water partition coefficient (Wildman–Crippen LogP) is 2.12. The molecule has 0 aromatic heterocycles. The van der Waals surface area contributed by atoms with Gasteiger partial charge in [-0.05, 0) is 49.7 Å². The fourth-order valence-electron chi connectivity index (χ4n) is 4.70. The van der Waals surface area contributed by atoms with E-state index in [2.05, 4.69) is 34.3 Å². The molecule has 0 aliphatic carbocycles. The van der Waals surface area contributed by atoms with Crippen molar-refractivity contribution in [3.05, 3.63) is 65.2 Å². The Morgan fingerprint density at radius 1 is 1.09 bits per heavy atom. The van der Waals surface area contributed by atoms with Crippen molar-refractivity contribution in [1.82, 2.24) is 15.1 Å². The number of sulfonamides is 1. The van der Waals surface area contributed by atoms with Crippen LogP contribution in [-0.4, -0.2) is 76.2 Å². The first-order valence-electron chi connectivity index (χ1n) is 11.1. The van der Waals surface area contributed by atoms with Crippen molar-refractivity contribution in [3.8, 4) is 0 Å². The van der Waals surface area contributed by atoms with Crippen molar-refractivity contribution in [2.24, 2.45) is 0 Å². The van der Waals surface area contributed by atoms with Gasteiger partial charge < -0.3 is 10.2 Å². The van der Waals surface area contributed by atoms with E-state index in [1.165, 1.54) is 10.6 Å². The summed E-state index contributed by atoms with van der Waals surface area (Å²) < 4.78 is 25.8. The number of nitrogens with zero attached hydrogens (tertiary/aromatic N) is 3. The molecule has 1 saturated heterocycles. The van der Waals surface area contributed by atoms with Crippen LogP contribution in [0, 0.1) is 0 Å². The molecule has 2 aromatic rings. The van der Waals surface area contributed by atoms with E-state index in [0.29, 0.717) is 17.7 Å². The Morgan fingerprint density at radius 3 is 2.44 bits per heavy atom. The Kier molecular flexibility index (Phi) is 6.55. The molecule has 2 aliphatic heterocycles. The lowest BCUT2D eigenvalue weighted by Gasteiger charge is -2.35. The summed E-state index contributed by atoms with van der Waals surface area (Å²) in [5.74, 6) is -0.138. The number of hydrogen-bond acceptors (Lipinski definition) is 5. The van der Waals surface area contributed by atoms with Gasteiger partial charge in [-0.25, -0.2) is 8.42 Å². The second-order valence-electron chi connectivity index (χ2n) is 9.00. The van der Waals surface area contributed by atoms with E-state index < -0.39 is 10.0 Å². The summed E-state index contributed by atoms with van der Waals surface area (Å²) in [5, 5.41) is 3.23. The summed E-state index contributed by atoms with van der Waals surface area (Å²) >= 11 is 0. The van der Waals surface area contributed by atoms with Crippen LogP contribution in [0.15, 0.2) is 48.5 Å². The Morgan fingerprint density at radius 2 is 1.78 bits per heavy atom. The van der Waals surface area contributed by atoms with Crippen LogP contribution in [0.1, 0.15) is 34.5 Å². The Labute approximate surface area is 191 Å². The first-order chi connectivity index (χ1) is 15.2. The van der Waals surface area contributed by atoms with E-state index >= 15 is 0 Å². The smallest absolute Gasteiger partial charge is 0.251 e. The third-order valence-electron chi connectivity index (χ3n) is 6.40. The van der Waals surface area contributed by atoms with Gasteiger partial charge in [0.2, 0.25) is 10.0 Å². The van der Waals surface area contributed by atoms with Crippen LogP contribution in [0.4, 0.5) is 5.69 Å². The minimum Gasteiger partial charge on any atom is -0.344 e. The second kappa shape index (κ2) is 9.21. The highest BCUT2D eigenvalue weighted by Gasteiger charge is 2.33. The van der Waals surface area contributed by atoms with Gasteiger partial charge in [0.1, 0.15) is 0 Å². The molecule has 2 atom stereocenters. The van der Waals surface area contributed by atoms with Crippen molar-refractivity contribution < 1.29 is 13.2 Å². The maximum atomic E-state index is 13.2. The van der Waals surface area contributed by atoms with E-state index in [1.807, 2.05) is 31.2 Å². The molecule has 7 nitrogen and oxygen atoms in total. The third-order valence-corrected chi connectivity index (χ3v) is 7.67. The molecule has 2 heterocycles. The number of carbonyl (C=O) groups is 1. The number of hydrogen-bond donors (Lipinski definition) is 1. The van der Waals surface area contributed by atoms with Gasteiger partial charge in [0.05, 0.1) is 18.0 Å². The molecule has 2 aliphatic rings. The SMILES string of the molecule is CC1Cc2cc(C(=O)NC(CN3CCN(C)CC3)c3ccccc3)ccc2N1S(C)(=O)=O. The molecule has 1 fully saturated rings. The van der Waals surface area contributed by atoms with Gasteiger partial charge in [-0.3, -0.25) is 14.0 Å². The maximum absolute atomic E-state index is 13.2. The van der Waals surface area contributed by atoms with Gasteiger partial charge in [-0.15, -0.1) is 0 Å². The molecule has 172 valence electrons. The number of benzene rings is 2. The Hall–Kier alpha value is -2.42. The Bertz CT molecular complexity index is 1070. The minimum atomic E-state index is -3.35. The van der Waals surface area contributed by atoms with E-state index in [4.69, 9.17) is 0 Å². The zero-order chi connectivity index (χ0) is 22.9. The Balaban J connectivity index is 1.53. The first kappa shape index (κ1) is 22.8. The normalized spacial score (nSPS) is 20.7. The lowest BCUT2D eigenvalue weighted by molar-refractivity contribution is 0.0907. The number of carbonyl (C=O) groups excluding carboxylic acids is 1. The van der Waals surface area contributed by atoms with E-state index in [1.54, 1.807) is 12.1 Å². The molecule has 32 heavy (non-hydrogen) atoms. The first-order valence-corrected chi connectivity index (χ1v) is 13.0. The van der Waals surface area contributed by atoms with E-state index in [-0.39, 0.29) is 18.0 Å². The monoisotopic (exact) mass is 456 g/mol. The van der Waals surface area contributed by atoms with Crippen LogP contribution in [0.25, 0.3) is 0 Å². The van der Waals surface area contributed by atoms with E-state index in [0.717, 1.165) is 43.9 Å². The number of nitrogens with one attached hydrogen (secondary N) is 1. The number of amides is 1. The molecule has 1 N–H and O–H groups in total. The average Bonchev–Trinajstić information content (AvgIpc) is 3.10. The molecule has 2 unspecified atom stereocenters. The fraction of sp³-hybridized carbons (Fsp3) is 0.458. The van der Waals surface area contributed by atoms with Crippen LogP contribution < -0.4 is 9.62 Å². The lowest BCUT2D eigenvalue weighted by atomic mass is 10.0. The standard InChI is InChI=1S/C24H32N4O3S/c1-18-15-21-16-20(9-10-23(21)28(18)32(3,30)31)24(29)25-22(19-7-5-4-6-8-19)17-27-13-11-26(2)12-14-27/h4-10,16,18,22H,11-15,17H2,1-3H3,(H,25,29). The van der Waals surface area contributed by atoms with Crippen molar-refractivity contribution in [2.75, 3.05) is 50.3 Å². The molecule has 8 heteroatoms. The van der Waals surface area contributed by atoms with Gasteiger partial charge in [0.15, 0.2) is 0 Å².